The molecule has 0 aliphatic carbocycles. The lowest BCUT2D eigenvalue weighted by Crippen LogP contribution is -2.01. The van der Waals surface area contributed by atoms with Crippen molar-refractivity contribution >= 4 is 10.1 Å². The number of furan rings is 1. The summed E-state index contributed by atoms with van der Waals surface area (Å²) >= 11 is 0. The molecule has 1 rings (SSSR count). The van der Waals surface area contributed by atoms with Crippen molar-refractivity contribution in [2.75, 3.05) is 6.54 Å². The molecular weight excluding hydrogens is 182 g/mol. The maximum absolute atomic E-state index is 10.5. The summed E-state index contributed by atoms with van der Waals surface area (Å²) in [6.07, 6.45) is 0.454. The zero-order valence-electron chi connectivity index (χ0n) is 6.23. The first-order valence-electron chi connectivity index (χ1n) is 3.30. The van der Waals surface area contributed by atoms with Crippen molar-refractivity contribution in [2.45, 2.75) is 11.5 Å². The molecule has 0 spiro atoms. The first-order valence-corrected chi connectivity index (χ1v) is 4.74. The topological polar surface area (TPSA) is 93.5 Å². The summed E-state index contributed by atoms with van der Waals surface area (Å²) in [5.74, 6) is 0.449. The highest BCUT2D eigenvalue weighted by atomic mass is 32.2. The number of rotatable bonds is 3. The van der Waals surface area contributed by atoms with E-state index in [0.29, 0.717) is 18.7 Å². The van der Waals surface area contributed by atoms with Gasteiger partial charge in [-0.05, 0) is 18.7 Å². The second-order valence-electron chi connectivity index (χ2n) is 2.23. The molecule has 0 unspecified atom stereocenters. The Bertz CT molecular complexity index is 353. The van der Waals surface area contributed by atoms with Gasteiger partial charge in [-0.25, -0.2) is 0 Å². The Kier molecular flexibility index (Phi) is 2.51. The summed E-state index contributed by atoms with van der Waals surface area (Å²) < 4.78 is 34.3. The largest absolute Gasteiger partial charge is 0.447 e. The Labute approximate surface area is 69.9 Å². The van der Waals surface area contributed by atoms with Crippen LogP contribution in [0.15, 0.2) is 21.6 Å². The summed E-state index contributed by atoms with van der Waals surface area (Å²) in [4.78, 5) is 0. The minimum atomic E-state index is -4.21. The van der Waals surface area contributed by atoms with Gasteiger partial charge in [-0.1, -0.05) is 0 Å². The standard InChI is InChI=1S/C6H9NO4S/c7-4-3-5-1-2-6(11-5)12(8,9)10/h1-2H,3-4,7H2,(H,8,9,10). The van der Waals surface area contributed by atoms with E-state index in [1.165, 1.54) is 12.1 Å². The molecule has 0 amide bonds. The van der Waals surface area contributed by atoms with E-state index in [9.17, 15) is 8.42 Å². The molecule has 12 heavy (non-hydrogen) atoms. The quantitative estimate of drug-likeness (QED) is 0.657. The lowest BCUT2D eigenvalue weighted by molar-refractivity contribution is 0.385. The van der Waals surface area contributed by atoms with Gasteiger partial charge in [0.15, 0.2) is 0 Å². The molecule has 0 saturated heterocycles. The Morgan fingerprint density at radius 3 is 2.58 bits per heavy atom. The highest BCUT2D eigenvalue weighted by Gasteiger charge is 2.13. The molecule has 68 valence electrons. The Morgan fingerprint density at radius 2 is 2.17 bits per heavy atom. The summed E-state index contributed by atoms with van der Waals surface area (Å²) in [6, 6.07) is 2.66. The molecule has 0 fully saturated rings. The van der Waals surface area contributed by atoms with Gasteiger partial charge in [-0.3, -0.25) is 4.55 Å². The van der Waals surface area contributed by atoms with Gasteiger partial charge in [0.1, 0.15) is 5.76 Å². The molecule has 1 heterocycles. The van der Waals surface area contributed by atoms with Crippen LogP contribution in [0.5, 0.6) is 0 Å². The van der Waals surface area contributed by atoms with Crippen LogP contribution in [-0.2, 0) is 16.5 Å². The van der Waals surface area contributed by atoms with Crippen LogP contribution in [0.1, 0.15) is 5.76 Å². The van der Waals surface area contributed by atoms with Crippen LogP contribution in [0.2, 0.25) is 0 Å². The van der Waals surface area contributed by atoms with E-state index in [1.807, 2.05) is 0 Å². The molecule has 0 saturated carbocycles. The van der Waals surface area contributed by atoms with Crippen LogP contribution in [0.4, 0.5) is 0 Å². The molecule has 0 atom stereocenters. The molecule has 1 aromatic heterocycles. The Hall–Kier alpha value is -0.850. The smallest absolute Gasteiger partial charge is 0.328 e. The minimum absolute atomic E-state index is 0.373. The summed E-state index contributed by atoms with van der Waals surface area (Å²) in [6.45, 7) is 0.373. The van der Waals surface area contributed by atoms with Crippen LogP contribution >= 0.6 is 0 Å². The average molecular weight is 191 g/mol. The molecule has 0 aromatic carbocycles. The van der Waals surface area contributed by atoms with Crippen LogP contribution in [0.25, 0.3) is 0 Å². The lowest BCUT2D eigenvalue weighted by Gasteiger charge is -1.91. The normalized spacial score (nSPS) is 11.8. The van der Waals surface area contributed by atoms with Gasteiger partial charge < -0.3 is 10.2 Å². The average Bonchev–Trinajstić information content (AvgIpc) is 2.35. The van der Waals surface area contributed by atoms with Crippen LogP contribution in [0.3, 0.4) is 0 Å². The summed E-state index contributed by atoms with van der Waals surface area (Å²) in [7, 11) is -4.21. The molecule has 0 aliphatic heterocycles. The second kappa shape index (κ2) is 3.26. The third-order valence-electron chi connectivity index (χ3n) is 1.28. The number of hydrogen-bond donors (Lipinski definition) is 2. The Morgan fingerprint density at radius 1 is 1.50 bits per heavy atom. The third kappa shape index (κ3) is 2.07. The lowest BCUT2D eigenvalue weighted by atomic mass is 10.3. The fourth-order valence-electron chi connectivity index (χ4n) is 0.773. The molecule has 1 aromatic rings. The second-order valence-corrected chi connectivity index (χ2v) is 3.59. The SMILES string of the molecule is NCCc1ccc(S(=O)(=O)O)o1. The minimum Gasteiger partial charge on any atom is -0.447 e. The van der Waals surface area contributed by atoms with E-state index >= 15 is 0 Å². The summed E-state index contributed by atoms with van der Waals surface area (Å²) in [5.41, 5.74) is 5.21. The first kappa shape index (κ1) is 9.24. The van der Waals surface area contributed by atoms with Crippen LogP contribution in [-0.4, -0.2) is 19.5 Å². The van der Waals surface area contributed by atoms with Gasteiger partial charge >= 0.3 is 10.1 Å². The van der Waals surface area contributed by atoms with E-state index in [-0.39, 0.29) is 0 Å². The molecule has 5 nitrogen and oxygen atoms in total. The van der Waals surface area contributed by atoms with Crippen molar-refractivity contribution < 1.29 is 17.4 Å². The van der Waals surface area contributed by atoms with Crippen molar-refractivity contribution in [2.24, 2.45) is 5.73 Å². The van der Waals surface area contributed by atoms with Crippen molar-refractivity contribution in [1.82, 2.24) is 0 Å². The number of hydrogen-bond acceptors (Lipinski definition) is 4. The number of nitrogens with two attached hydrogens (primary N) is 1. The van der Waals surface area contributed by atoms with Gasteiger partial charge in [-0.2, -0.15) is 8.42 Å². The maximum Gasteiger partial charge on any atom is 0.328 e. The molecular formula is C6H9NO4S. The van der Waals surface area contributed by atoms with E-state index in [0.717, 1.165) is 0 Å². The third-order valence-corrected chi connectivity index (χ3v) is 2.01. The molecule has 0 aliphatic rings. The van der Waals surface area contributed by atoms with Gasteiger partial charge in [0.05, 0.1) is 0 Å². The zero-order valence-corrected chi connectivity index (χ0v) is 7.04. The molecule has 0 radical (unpaired) electrons. The maximum atomic E-state index is 10.5. The molecule has 6 heteroatoms. The van der Waals surface area contributed by atoms with Crippen molar-refractivity contribution in [1.29, 1.82) is 0 Å². The molecule has 3 N–H and O–H groups in total. The van der Waals surface area contributed by atoms with Crippen LogP contribution in [0, 0.1) is 0 Å². The highest BCUT2D eigenvalue weighted by molar-refractivity contribution is 7.85. The van der Waals surface area contributed by atoms with E-state index in [4.69, 9.17) is 14.7 Å². The van der Waals surface area contributed by atoms with E-state index in [2.05, 4.69) is 0 Å². The zero-order chi connectivity index (χ0) is 9.19. The predicted molar refractivity (Wildman–Crippen MR) is 41.3 cm³/mol. The van der Waals surface area contributed by atoms with Crippen molar-refractivity contribution in [3.05, 3.63) is 17.9 Å². The van der Waals surface area contributed by atoms with Gasteiger partial charge in [0.25, 0.3) is 0 Å². The van der Waals surface area contributed by atoms with E-state index < -0.39 is 15.2 Å². The van der Waals surface area contributed by atoms with Gasteiger partial charge in [0, 0.05) is 6.42 Å². The van der Waals surface area contributed by atoms with Crippen molar-refractivity contribution in [3.63, 3.8) is 0 Å². The van der Waals surface area contributed by atoms with Crippen molar-refractivity contribution in [3.8, 4) is 0 Å². The fraction of sp³-hybridized carbons (Fsp3) is 0.333. The highest BCUT2D eigenvalue weighted by Crippen LogP contribution is 2.13. The van der Waals surface area contributed by atoms with Crippen LogP contribution < -0.4 is 5.73 Å². The van der Waals surface area contributed by atoms with E-state index in [1.54, 1.807) is 0 Å². The predicted octanol–water partition coefficient (Wildman–Crippen LogP) is 0.0275. The van der Waals surface area contributed by atoms with Gasteiger partial charge in [0.2, 0.25) is 5.09 Å². The monoisotopic (exact) mass is 191 g/mol. The first-order chi connectivity index (χ1) is 5.54. The van der Waals surface area contributed by atoms with Gasteiger partial charge in [-0.15, -0.1) is 0 Å². The Balaban J connectivity index is 2.92. The fourth-order valence-corrected chi connectivity index (χ4v) is 1.23. The summed E-state index contributed by atoms with van der Waals surface area (Å²) in [5, 5.41) is -0.439. The molecule has 0 bridgehead atoms.